The van der Waals surface area contributed by atoms with Gasteiger partial charge in [0.05, 0.1) is 0 Å². The molecule has 0 atom stereocenters. The first kappa shape index (κ1) is 13.6. The van der Waals surface area contributed by atoms with E-state index >= 15 is 0 Å². The molecule has 0 amide bonds. The number of benzene rings is 2. The van der Waals surface area contributed by atoms with Crippen LogP contribution in [0.4, 0.5) is 0 Å². The monoisotopic (exact) mass is 391 g/mol. The first-order chi connectivity index (χ1) is 9.56. The quantitative estimate of drug-likeness (QED) is 0.595. The van der Waals surface area contributed by atoms with Crippen molar-refractivity contribution in [2.45, 2.75) is 6.92 Å². The third-order valence-corrected chi connectivity index (χ3v) is 4.41. The van der Waals surface area contributed by atoms with E-state index in [9.17, 15) is 4.79 Å². The van der Waals surface area contributed by atoms with E-state index in [1.165, 1.54) is 5.56 Å². The van der Waals surface area contributed by atoms with Crippen molar-refractivity contribution in [3.05, 3.63) is 68.2 Å². The molecule has 0 aliphatic rings. The number of fused-ring (bicyclic) bond motifs is 1. The largest absolute Gasteiger partial charge is 0.360 e. The number of nitrogens with one attached hydrogen (secondary N) is 1. The van der Waals surface area contributed by atoms with Gasteiger partial charge in [-0.25, -0.2) is 0 Å². The van der Waals surface area contributed by atoms with E-state index in [1.807, 2.05) is 43.3 Å². The van der Waals surface area contributed by atoms with Gasteiger partial charge in [-0.05, 0) is 52.7 Å². The molecule has 0 saturated heterocycles. The summed E-state index contributed by atoms with van der Waals surface area (Å²) in [7, 11) is 0. The molecule has 1 heterocycles. The van der Waals surface area contributed by atoms with Gasteiger partial charge in [0.1, 0.15) is 0 Å². The first-order valence-electron chi connectivity index (χ1n) is 6.14. The van der Waals surface area contributed by atoms with E-state index in [4.69, 9.17) is 0 Å². The van der Waals surface area contributed by atoms with Gasteiger partial charge >= 0.3 is 0 Å². The van der Waals surface area contributed by atoms with Gasteiger partial charge in [0.15, 0.2) is 5.78 Å². The lowest BCUT2D eigenvalue weighted by Crippen LogP contribution is -2.01. The first-order valence-corrected chi connectivity index (χ1v) is 7.72. The van der Waals surface area contributed by atoms with Gasteiger partial charge in [-0.15, -0.1) is 0 Å². The number of hydrogen-bond acceptors (Lipinski definition) is 1. The average Bonchev–Trinajstić information content (AvgIpc) is 2.80. The second kappa shape index (κ2) is 5.19. The van der Waals surface area contributed by atoms with Crippen LogP contribution in [0.3, 0.4) is 0 Å². The molecule has 0 bridgehead atoms. The number of hydrogen-bond donors (Lipinski definition) is 1. The van der Waals surface area contributed by atoms with Crippen LogP contribution in [0.25, 0.3) is 10.9 Å². The van der Waals surface area contributed by atoms with Gasteiger partial charge in [0.2, 0.25) is 0 Å². The Bertz CT molecular complexity index is 820. The standard InChI is InChI=1S/C16H11Br2NO/c1-9-2-4-11-13(8-19-15(11)6-9)16(20)12-5-3-10(17)7-14(12)18/h2-8,19H,1H3. The van der Waals surface area contributed by atoms with E-state index in [1.54, 1.807) is 6.20 Å². The predicted octanol–water partition coefficient (Wildman–Crippen LogP) is 5.23. The number of halogens is 2. The second-order valence-corrected chi connectivity index (χ2v) is 6.47. The Labute approximate surface area is 133 Å². The van der Waals surface area contributed by atoms with Crippen molar-refractivity contribution in [1.82, 2.24) is 4.98 Å². The second-order valence-electron chi connectivity index (χ2n) is 4.70. The third-order valence-electron chi connectivity index (χ3n) is 3.26. The molecule has 1 aromatic heterocycles. The summed E-state index contributed by atoms with van der Waals surface area (Å²) in [6.45, 7) is 2.03. The fourth-order valence-corrected chi connectivity index (χ4v) is 3.47. The van der Waals surface area contributed by atoms with Crippen LogP contribution in [0.15, 0.2) is 51.5 Å². The molecule has 0 saturated carbocycles. The summed E-state index contributed by atoms with van der Waals surface area (Å²) in [5.74, 6) is 0.0134. The number of aromatic amines is 1. The molecular weight excluding hydrogens is 382 g/mol. The zero-order chi connectivity index (χ0) is 14.3. The molecule has 0 radical (unpaired) electrons. The lowest BCUT2D eigenvalue weighted by atomic mass is 10.0. The van der Waals surface area contributed by atoms with Gasteiger partial charge in [-0.2, -0.15) is 0 Å². The summed E-state index contributed by atoms with van der Waals surface area (Å²) < 4.78 is 1.73. The lowest BCUT2D eigenvalue weighted by Gasteiger charge is -2.04. The molecule has 3 rings (SSSR count). The fourth-order valence-electron chi connectivity index (χ4n) is 2.25. The minimum Gasteiger partial charge on any atom is -0.360 e. The summed E-state index contributed by atoms with van der Waals surface area (Å²) in [4.78, 5) is 15.8. The maximum absolute atomic E-state index is 12.7. The summed E-state index contributed by atoms with van der Waals surface area (Å²) >= 11 is 6.84. The summed E-state index contributed by atoms with van der Waals surface area (Å²) in [6.07, 6.45) is 1.78. The molecule has 2 aromatic carbocycles. The Balaban J connectivity index is 2.13. The van der Waals surface area contributed by atoms with Crippen molar-refractivity contribution in [1.29, 1.82) is 0 Å². The van der Waals surface area contributed by atoms with Crippen molar-refractivity contribution < 1.29 is 4.79 Å². The Morgan fingerprint density at radius 1 is 1.05 bits per heavy atom. The molecule has 0 unspecified atom stereocenters. The average molecular weight is 393 g/mol. The molecule has 0 aliphatic heterocycles. The number of aromatic nitrogens is 1. The Kier molecular flexibility index (Phi) is 3.52. The molecule has 2 nitrogen and oxygen atoms in total. The van der Waals surface area contributed by atoms with Crippen LogP contribution in [0.5, 0.6) is 0 Å². The van der Waals surface area contributed by atoms with E-state index in [0.717, 1.165) is 19.8 Å². The minimum absolute atomic E-state index is 0.0134. The van der Waals surface area contributed by atoms with Crippen LogP contribution in [0.1, 0.15) is 21.5 Å². The number of rotatable bonds is 2. The van der Waals surface area contributed by atoms with E-state index in [0.29, 0.717) is 11.1 Å². The number of ketones is 1. The number of H-pyrrole nitrogens is 1. The van der Waals surface area contributed by atoms with Crippen LogP contribution in [-0.2, 0) is 0 Å². The highest BCUT2D eigenvalue weighted by Gasteiger charge is 2.16. The smallest absolute Gasteiger partial charge is 0.196 e. The van der Waals surface area contributed by atoms with Crippen LogP contribution in [0.2, 0.25) is 0 Å². The fraction of sp³-hybridized carbons (Fsp3) is 0.0625. The van der Waals surface area contributed by atoms with Gasteiger partial charge in [0.25, 0.3) is 0 Å². The zero-order valence-corrected chi connectivity index (χ0v) is 13.9. The van der Waals surface area contributed by atoms with Crippen molar-refractivity contribution in [3.63, 3.8) is 0 Å². The SMILES string of the molecule is Cc1ccc2c(C(=O)c3ccc(Br)cc3Br)c[nH]c2c1. The minimum atomic E-state index is 0.0134. The van der Waals surface area contributed by atoms with Gasteiger partial charge < -0.3 is 4.98 Å². The van der Waals surface area contributed by atoms with E-state index < -0.39 is 0 Å². The van der Waals surface area contributed by atoms with Crippen molar-refractivity contribution >= 4 is 48.5 Å². The highest BCUT2D eigenvalue weighted by atomic mass is 79.9. The summed E-state index contributed by atoms with van der Waals surface area (Å²) in [5.41, 5.74) is 3.52. The zero-order valence-electron chi connectivity index (χ0n) is 10.7. The van der Waals surface area contributed by atoms with E-state index in [2.05, 4.69) is 36.8 Å². The Hall–Kier alpha value is -1.39. The molecule has 100 valence electrons. The van der Waals surface area contributed by atoms with Crippen LogP contribution < -0.4 is 0 Å². The topological polar surface area (TPSA) is 32.9 Å². The molecule has 1 N–H and O–H groups in total. The highest BCUT2D eigenvalue weighted by molar-refractivity contribution is 9.11. The Morgan fingerprint density at radius 3 is 2.60 bits per heavy atom. The molecule has 4 heteroatoms. The Morgan fingerprint density at radius 2 is 1.85 bits per heavy atom. The van der Waals surface area contributed by atoms with Gasteiger partial charge in [-0.1, -0.05) is 28.1 Å². The summed E-state index contributed by atoms with van der Waals surface area (Å²) in [5, 5.41) is 0.954. The third kappa shape index (κ3) is 2.34. The molecule has 0 aliphatic carbocycles. The van der Waals surface area contributed by atoms with Crippen LogP contribution in [0, 0.1) is 6.92 Å². The normalized spacial score (nSPS) is 10.9. The van der Waals surface area contributed by atoms with Gasteiger partial charge in [-0.3, -0.25) is 4.79 Å². The van der Waals surface area contributed by atoms with Crippen LogP contribution in [-0.4, -0.2) is 10.8 Å². The molecule has 0 spiro atoms. The molecule has 0 fully saturated rings. The molecule has 3 aromatic rings. The van der Waals surface area contributed by atoms with E-state index in [-0.39, 0.29) is 5.78 Å². The van der Waals surface area contributed by atoms with Crippen molar-refractivity contribution in [3.8, 4) is 0 Å². The summed E-state index contributed by atoms with van der Waals surface area (Å²) in [6, 6.07) is 11.6. The predicted molar refractivity (Wildman–Crippen MR) is 88.3 cm³/mol. The van der Waals surface area contributed by atoms with Crippen molar-refractivity contribution in [2.24, 2.45) is 0 Å². The number of aryl methyl sites for hydroxylation is 1. The number of carbonyl (C=O) groups excluding carboxylic acids is 1. The van der Waals surface area contributed by atoms with Gasteiger partial charge in [0, 0.05) is 37.2 Å². The van der Waals surface area contributed by atoms with Crippen LogP contribution >= 0.6 is 31.9 Å². The number of carbonyl (C=O) groups is 1. The molecular formula is C16H11Br2NO. The molecule has 20 heavy (non-hydrogen) atoms. The lowest BCUT2D eigenvalue weighted by molar-refractivity contribution is 0.103. The maximum Gasteiger partial charge on any atom is 0.196 e. The van der Waals surface area contributed by atoms with Crippen molar-refractivity contribution in [2.75, 3.05) is 0 Å². The highest BCUT2D eigenvalue weighted by Crippen LogP contribution is 2.27. The maximum atomic E-state index is 12.7.